The molecule has 9 heteroatoms. The van der Waals surface area contributed by atoms with Gasteiger partial charge in [-0.3, -0.25) is 9.20 Å². The van der Waals surface area contributed by atoms with Crippen molar-refractivity contribution in [1.29, 1.82) is 5.26 Å². The van der Waals surface area contributed by atoms with Crippen LogP contribution >= 0.6 is 0 Å². The Morgan fingerprint density at radius 1 is 1.44 bits per heavy atom. The number of fused-ring (bicyclic) bond motifs is 1. The maximum Gasteiger partial charge on any atom is 0.274 e. The van der Waals surface area contributed by atoms with Crippen LogP contribution in [0.1, 0.15) is 28.4 Å². The lowest BCUT2D eigenvalue weighted by atomic mass is 10.1. The maximum absolute atomic E-state index is 14.9. The topological polar surface area (TPSA) is 99.5 Å². The van der Waals surface area contributed by atoms with Crippen LogP contribution in [0.4, 0.5) is 4.39 Å². The Hall–Kier alpha value is -3.41. The summed E-state index contributed by atoms with van der Waals surface area (Å²) in [6, 6.07) is 3.24. The van der Waals surface area contributed by atoms with Gasteiger partial charge >= 0.3 is 0 Å². The molecular formula is C18H17FN6O2. The fourth-order valence-electron chi connectivity index (χ4n) is 3.43. The second-order valence-electron chi connectivity index (χ2n) is 6.60. The van der Waals surface area contributed by atoms with E-state index in [1.165, 1.54) is 4.40 Å². The van der Waals surface area contributed by atoms with Crippen molar-refractivity contribution in [2.24, 2.45) is 0 Å². The average molecular weight is 368 g/mol. The molecule has 1 saturated heterocycles. The molecule has 0 spiro atoms. The molecule has 0 aromatic carbocycles. The molecule has 8 nitrogen and oxygen atoms in total. The van der Waals surface area contributed by atoms with Gasteiger partial charge in [-0.1, -0.05) is 5.16 Å². The smallest absolute Gasteiger partial charge is 0.274 e. The molecule has 1 atom stereocenters. The van der Waals surface area contributed by atoms with Crippen LogP contribution in [0.2, 0.25) is 0 Å². The van der Waals surface area contributed by atoms with E-state index in [0.717, 1.165) is 11.1 Å². The summed E-state index contributed by atoms with van der Waals surface area (Å²) in [7, 11) is 0. The number of imidazole rings is 1. The lowest BCUT2D eigenvalue weighted by Crippen LogP contribution is -2.37. The Bertz CT molecular complexity index is 1060. The Morgan fingerprint density at radius 3 is 2.93 bits per heavy atom. The van der Waals surface area contributed by atoms with Gasteiger partial charge in [0, 0.05) is 36.5 Å². The number of carbonyl (C=O) groups is 1. The fraction of sp³-hybridized carbons (Fsp3) is 0.333. The largest absolute Gasteiger partial charge is 0.361 e. The lowest BCUT2D eigenvalue weighted by molar-refractivity contribution is 0.0929. The highest BCUT2D eigenvalue weighted by Gasteiger charge is 2.27. The van der Waals surface area contributed by atoms with E-state index >= 15 is 0 Å². The summed E-state index contributed by atoms with van der Waals surface area (Å²) in [6.07, 6.45) is 4.26. The molecule has 27 heavy (non-hydrogen) atoms. The van der Waals surface area contributed by atoms with Crippen molar-refractivity contribution in [3.8, 4) is 17.3 Å². The third kappa shape index (κ3) is 2.89. The third-order valence-corrected chi connectivity index (χ3v) is 4.76. The van der Waals surface area contributed by atoms with Crippen LogP contribution in [0.25, 0.3) is 16.8 Å². The van der Waals surface area contributed by atoms with Crippen LogP contribution in [-0.4, -0.2) is 44.5 Å². The highest BCUT2D eigenvalue weighted by molar-refractivity contribution is 5.93. The first-order valence-corrected chi connectivity index (χ1v) is 8.54. The Balaban J connectivity index is 1.64. The predicted molar refractivity (Wildman–Crippen MR) is 93.2 cm³/mol. The summed E-state index contributed by atoms with van der Waals surface area (Å²) < 4.78 is 21.3. The quantitative estimate of drug-likeness (QED) is 0.710. The number of likely N-dealkylation sites (tertiary alicyclic amines) is 1. The molecule has 3 aromatic rings. The summed E-state index contributed by atoms with van der Waals surface area (Å²) >= 11 is 0. The number of amides is 1. The standard InChI is InChI=1S/C18H17FN6O2/c1-10-15(11(2)27-23-10)12-3-4-14-22-16(17(19)25(14)7-12)18(26)21-13-5-6-24(8-13)9-20/h3-4,7,13H,5-6,8H2,1-2H3,(H,21,26). The number of hydrogen-bond acceptors (Lipinski definition) is 6. The maximum atomic E-state index is 14.9. The van der Waals surface area contributed by atoms with Crippen LogP contribution in [0, 0.1) is 31.3 Å². The molecule has 0 saturated carbocycles. The van der Waals surface area contributed by atoms with Crippen LogP contribution in [0.15, 0.2) is 22.9 Å². The summed E-state index contributed by atoms with van der Waals surface area (Å²) in [5.41, 5.74) is 2.29. The number of carbonyl (C=O) groups excluding carboxylic acids is 1. The van der Waals surface area contributed by atoms with Gasteiger partial charge in [0.15, 0.2) is 11.9 Å². The van der Waals surface area contributed by atoms with Crippen LogP contribution < -0.4 is 5.32 Å². The van der Waals surface area contributed by atoms with Crippen molar-refractivity contribution in [3.05, 3.63) is 41.4 Å². The highest BCUT2D eigenvalue weighted by atomic mass is 19.1. The first kappa shape index (κ1) is 17.0. The Morgan fingerprint density at radius 2 is 2.26 bits per heavy atom. The molecule has 1 unspecified atom stereocenters. The number of nitrogens with one attached hydrogen (secondary N) is 1. The van der Waals surface area contributed by atoms with Crippen LogP contribution in [0.3, 0.4) is 0 Å². The molecular weight excluding hydrogens is 351 g/mol. The predicted octanol–water partition coefficient (Wildman–Crippen LogP) is 2.03. The van der Waals surface area contributed by atoms with E-state index in [1.807, 2.05) is 13.1 Å². The number of aryl methyl sites for hydroxylation is 2. The summed E-state index contributed by atoms with van der Waals surface area (Å²) in [4.78, 5) is 18.1. The number of pyridine rings is 1. The molecule has 1 amide bonds. The van der Waals surface area contributed by atoms with Crippen molar-refractivity contribution in [2.75, 3.05) is 13.1 Å². The van der Waals surface area contributed by atoms with Crippen molar-refractivity contribution >= 4 is 11.6 Å². The summed E-state index contributed by atoms with van der Waals surface area (Å²) in [6.45, 7) is 4.60. The lowest BCUT2D eigenvalue weighted by Gasteiger charge is -2.10. The summed E-state index contributed by atoms with van der Waals surface area (Å²) in [5, 5.41) is 15.6. The number of rotatable bonds is 3. The molecule has 0 radical (unpaired) electrons. The van der Waals surface area contributed by atoms with E-state index in [4.69, 9.17) is 9.78 Å². The van der Waals surface area contributed by atoms with Gasteiger partial charge in [-0.05, 0) is 32.4 Å². The van der Waals surface area contributed by atoms with Gasteiger partial charge in [-0.25, -0.2) is 4.98 Å². The van der Waals surface area contributed by atoms with E-state index in [1.54, 1.807) is 30.2 Å². The van der Waals surface area contributed by atoms with Gasteiger partial charge in [0.1, 0.15) is 11.4 Å². The highest BCUT2D eigenvalue weighted by Crippen LogP contribution is 2.27. The monoisotopic (exact) mass is 368 g/mol. The second-order valence-corrected chi connectivity index (χ2v) is 6.60. The van der Waals surface area contributed by atoms with Gasteiger partial charge < -0.3 is 14.7 Å². The normalized spacial score (nSPS) is 16.7. The second kappa shape index (κ2) is 6.39. The molecule has 1 fully saturated rings. The number of halogens is 1. The Labute approximate surface area is 154 Å². The van der Waals surface area contributed by atoms with Crippen molar-refractivity contribution < 1.29 is 13.7 Å². The third-order valence-electron chi connectivity index (χ3n) is 4.76. The van der Waals surface area contributed by atoms with Gasteiger partial charge in [0.05, 0.1) is 5.69 Å². The minimum Gasteiger partial charge on any atom is -0.361 e. The van der Waals surface area contributed by atoms with Crippen LogP contribution in [-0.2, 0) is 0 Å². The fourth-order valence-corrected chi connectivity index (χ4v) is 3.43. The van der Waals surface area contributed by atoms with Crippen molar-refractivity contribution in [2.45, 2.75) is 26.3 Å². The number of aromatic nitrogens is 3. The molecule has 3 aromatic heterocycles. The molecule has 1 N–H and O–H groups in total. The molecule has 138 valence electrons. The van der Waals surface area contributed by atoms with E-state index in [-0.39, 0.29) is 11.7 Å². The first-order valence-electron chi connectivity index (χ1n) is 8.54. The SMILES string of the molecule is Cc1noc(C)c1-c1ccc2nc(C(=O)NC3CCN(C#N)C3)c(F)n2c1. The van der Waals surface area contributed by atoms with Gasteiger partial charge in [0.25, 0.3) is 5.91 Å². The Kier molecular flexibility index (Phi) is 4.03. The zero-order valence-corrected chi connectivity index (χ0v) is 14.9. The molecule has 0 bridgehead atoms. The zero-order valence-electron chi connectivity index (χ0n) is 14.9. The molecule has 1 aliphatic rings. The number of nitriles is 1. The number of nitrogens with zero attached hydrogens (tertiary/aromatic N) is 5. The van der Waals surface area contributed by atoms with E-state index in [0.29, 0.717) is 36.6 Å². The molecule has 0 aliphatic carbocycles. The molecule has 4 rings (SSSR count). The van der Waals surface area contributed by atoms with E-state index in [2.05, 4.69) is 15.5 Å². The molecule has 1 aliphatic heterocycles. The van der Waals surface area contributed by atoms with E-state index in [9.17, 15) is 9.18 Å². The van der Waals surface area contributed by atoms with Crippen molar-refractivity contribution in [1.82, 2.24) is 24.8 Å². The zero-order chi connectivity index (χ0) is 19.1. The van der Waals surface area contributed by atoms with E-state index < -0.39 is 11.9 Å². The average Bonchev–Trinajstić information content (AvgIpc) is 3.33. The first-order chi connectivity index (χ1) is 13.0. The van der Waals surface area contributed by atoms with Gasteiger partial charge in [-0.2, -0.15) is 9.65 Å². The van der Waals surface area contributed by atoms with Crippen LogP contribution in [0.5, 0.6) is 0 Å². The minimum atomic E-state index is -0.730. The van der Waals surface area contributed by atoms with Gasteiger partial charge in [-0.15, -0.1) is 0 Å². The minimum absolute atomic E-state index is 0.195. The van der Waals surface area contributed by atoms with Crippen molar-refractivity contribution in [3.63, 3.8) is 0 Å². The van der Waals surface area contributed by atoms with Gasteiger partial charge in [0.2, 0.25) is 5.95 Å². The number of hydrogen-bond donors (Lipinski definition) is 1. The molecule has 4 heterocycles. The summed E-state index contributed by atoms with van der Waals surface area (Å²) in [5.74, 6) is -0.681.